The van der Waals surface area contributed by atoms with E-state index in [1.54, 1.807) is 32.4 Å². The Morgan fingerprint density at radius 2 is 1.75 bits per heavy atom. The van der Waals surface area contributed by atoms with Crippen molar-refractivity contribution in [3.05, 3.63) is 60.2 Å². The van der Waals surface area contributed by atoms with Crippen LogP contribution in [0.2, 0.25) is 0 Å². The van der Waals surface area contributed by atoms with Gasteiger partial charge >= 0.3 is 0 Å². The summed E-state index contributed by atoms with van der Waals surface area (Å²) < 4.78 is 28.1. The van der Waals surface area contributed by atoms with Crippen LogP contribution in [0.15, 0.2) is 59.0 Å². The standard InChI is InChI=1S/C25H21NO6/c1-28-21-13-17-16-5-3-4-6-19(16)32-20(17)14-18(21)26-24(27)8-7-15-11-22(29-2)25-23(12-15)30-9-10-31-25/h3-8,11-14H,9-10H2,1-2H3,(H,26,27)/b8-7+. The summed E-state index contributed by atoms with van der Waals surface area (Å²) in [7, 11) is 3.13. The Balaban J connectivity index is 1.41. The molecular formula is C25H21NO6. The predicted molar refractivity (Wildman–Crippen MR) is 122 cm³/mol. The zero-order valence-corrected chi connectivity index (χ0v) is 17.6. The fourth-order valence-electron chi connectivity index (χ4n) is 3.75. The molecule has 32 heavy (non-hydrogen) atoms. The van der Waals surface area contributed by atoms with Crippen LogP contribution in [-0.4, -0.2) is 33.3 Å². The van der Waals surface area contributed by atoms with Crippen LogP contribution in [0.4, 0.5) is 5.69 Å². The lowest BCUT2D eigenvalue weighted by molar-refractivity contribution is -0.111. The molecule has 0 saturated carbocycles. The topological polar surface area (TPSA) is 79.2 Å². The van der Waals surface area contributed by atoms with Crippen LogP contribution in [0.5, 0.6) is 23.0 Å². The molecule has 162 valence electrons. The van der Waals surface area contributed by atoms with E-state index in [1.807, 2.05) is 36.4 Å². The zero-order valence-electron chi connectivity index (χ0n) is 17.6. The molecule has 0 fully saturated rings. The van der Waals surface area contributed by atoms with Crippen LogP contribution in [0.1, 0.15) is 5.56 Å². The number of ether oxygens (including phenoxy) is 4. The summed E-state index contributed by atoms with van der Waals surface area (Å²) in [6.07, 6.45) is 3.12. The monoisotopic (exact) mass is 431 g/mol. The molecule has 1 amide bonds. The van der Waals surface area contributed by atoms with Crippen LogP contribution in [0, 0.1) is 0 Å². The smallest absolute Gasteiger partial charge is 0.248 e. The van der Waals surface area contributed by atoms with Crippen LogP contribution in [0.25, 0.3) is 28.0 Å². The molecule has 0 atom stereocenters. The molecule has 7 heteroatoms. The number of benzene rings is 3. The van der Waals surface area contributed by atoms with Gasteiger partial charge in [0, 0.05) is 22.9 Å². The number of hydrogen-bond donors (Lipinski definition) is 1. The summed E-state index contributed by atoms with van der Waals surface area (Å²) in [6, 6.07) is 15.0. The molecule has 5 rings (SSSR count). The summed E-state index contributed by atoms with van der Waals surface area (Å²) in [4.78, 5) is 12.6. The molecule has 0 spiro atoms. The lowest BCUT2D eigenvalue weighted by Crippen LogP contribution is -2.16. The average molecular weight is 431 g/mol. The van der Waals surface area contributed by atoms with E-state index in [-0.39, 0.29) is 5.91 Å². The van der Waals surface area contributed by atoms with Crippen molar-refractivity contribution in [2.24, 2.45) is 0 Å². The fraction of sp³-hybridized carbons (Fsp3) is 0.160. The third kappa shape index (κ3) is 3.58. The molecule has 4 aromatic rings. The van der Waals surface area contributed by atoms with E-state index in [1.165, 1.54) is 6.08 Å². The maximum absolute atomic E-state index is 12.6. The predicted octanol–water partition coefficient (Wildman–Crippen LogP) is 5.03. The summed E-state index contributed by atoms with van der Waals surface area (Å²) in [5.74, 6) is 1.95. The van der Waals surface area contributed by atoms with Gasteiger partial charge in [-0.3, -0.25) is 4.79 Å². The molecule has 1 aliphatic rings. The van der Waals surface area contributed by atoms with E-state index in [4.69, 9.17) is 23.4 Å². The highest BCUT2D eigenvalue weighted by molar-refractivity contribution is 6.09. The minimum Gasteiger partial charge on any atom is -0.495 e. The zero-order chi connectivity index (χ0) is 22.1. The lowest BCUT2D eigenvalue weighted by atomic mass is 10.1. The number of fused-ring (bicyclic) bond motifs is 4. The molecule has 0 bridgehead atoms. The SMILES string of the molecule is COc1cc2c(cc1NC(=O)/C=C/c1cc(OC)c3c(c1)OCCO3)oc1ccccc12. The van der Waals surface area contributed by atoms with Gasteiger partial charge < -0.3 is 28.7 Å². The maximum Gasteiger partial charge on any atom is 0.248 e. The largest absolute Gasteiger partial charge is 0.495 e. The van der Waals surface area contributed by atoms with Gasteiger partial charge in [-0.15, -0.1) is 0 Å². The highest BCUT2D eigenvalue weighted by Crippen LogP contribution is 2.41. The Labute approximate surface area is 184 Å². The maximum atomic E-state index is 12.6. The molecule has 0 saturated heterocycles. The summed E-state index contributed by atoms with van der Waals surface area (Å²) >= 11 is 0. The van der Waals surface area contributed by atoms with E-state index in [2.05, 4.69) is 5.32 Å². The first-order chi connectivity index (χ1) is 15.7. The minimum atomic E-state index is -0.312. The number of para-hydroxylation sites is 1. The average Bonchev–Trinajstić information content (AvgIpc) is 3.19. The molecule has 0 radical (unpaired) electrons. The number of anilines is 1. The van der Waals surface area contributed by atoms with Crippen molar-refractivity contribution in [2.75, 3.05) is 32.8 Å². The first kappa shape index (κ1) is 19.8. The van der Waals surface area contributed by atoms with E-state index < -0.39 is 0 Å². The van der Waals surface area contributed by atoms with Gasteiger partial charge in [0.2, 0.25) is 11.7 Å². The van der Waals surface area contributed by atoms with E-state index in [9.17, 15) is 4.79 Å². The van der Waals surface area contributed by atoms with Crippen molar-refractivity contribution in [2.45, 2.75) is 0 Å². The molecule has 1 N–H and O–H groups in total. The van der Waals surface area contributed by atoms with Crippen LogP contribution < -0.4 is 24.3 Å². The summed E-state index contributed by atoms with van der Waals surface area (Å²) in [5.41, 5.74) is 2.72. The Morgan fingerprint density at radius 3 is 2.59 bits per heavy atom. The molecule has 2 heterocycles. The van der Waals surface area contributed by atoms with E-state index in [0.29, 0.717) is 47.5 Å². The fourth-order valence-corrected chi connectivity index (χ4v) is 3.75. The Bertz CT molecular complexity index is 1340. The van der Waals surface area contributed by atoms with Gasteiger partial charge in [0.25, 0.3) is 0 Å². The van der Waals surface area contributed by atoms with Crippen molar-refractivity contribution < 1.29 is 28.2 Å². The first-order valence-corrected chi connectivity index (χ1v) is 10.1. The van der Waals surface area contributed by atoms with Gasteiger partial charge in [0.1, 0.15) is 30.1 Å². The van der Waals surface area contributed by atoms with Crippen molar-refractivity contribution >= 4 is 39.6 Å². The molecule has 0 aliphatic carbocycles. The summed E-state index contributed by atoms with van der Waals surface area (Å²) in [6.45, 7) is 0.937. The number of methoxy groups -OCH3 is 2. The lowest BCUT2D eigenvalue weighted by Gasteiger charge is -2.20. The van der Waals surface area contributed by atoms with Crippen molar-refractivity contribution in [3.63, 3.8) is 0 Å². The van der Waals surface area contributed by atoms with Gasteiger partial charge in [-0.2, -0.15) is 0 Å². The third-order valence-electron chi connectivity index (χ3n) is 5.23. The number of nitrogens with one attached hydrogen (secondary N) is 1. The Hall–Kier alpha value is -4.13. The highest BCUT2D eigenvalue weighted by Gasteiger charge is 2.18. The number of furan rings is 1. The number of carbonyl (C=O) groups is 1. The van der Waals surface area contributed by atoms with E-state index in [0.717, 1.165) is 21.9 Å². The Morgan fingerprint density at radius 1 is 0.938 bits per heavy atom. The van der Waals surface area contributed by atoms with Gasteiger partial charge in [-0.25, -0.2) is 0 Å². The second-order valence-corrected chi connectivity index (χ2v) is 7.22. The Kier molecular flexibility index (Phi) is 5.07. The molecule has 1 aromatic heterocycles. The normalized spacial score (nSPS) is 12.9. The number of rotatable bonds is 5. The molecule has 1 aliphatic heterocycles. The van der Waals surface area contributed by atoms with Crippen LogP contribution in [-0.2, 0) is 4.79 Å². The molecule has 0 unspecified atom stereocenters. The van der Waals surface area contributed by atoms with Crippen LogP contribution >= 0.6 is 0 Å². The second-order valence-electron chi connectivity index (χ2n) is 7.22. The van der Waals surface area contributed by atoms with Crippen molar-refractivity contribution in [1.29, 1.82) is 0 Å². The third-order valence-corrected chi connectivity index (χ3v) is 5.23. The molecule has 7 nitrogen and oxygen atoms in total. The van der Waals surface area contributed by atoms with Gasteiger partial charge in [-0.05, 0) is 35.9 Å². The first-order valence-electron chi connectivity index (χ1n) is 10.1. The number of carbonyl (C=O) groups excluding carboxylic acids is 1. The van der Waals surface area contributed by atoms with Crippen LogP contribution in [0.3, 0.4) is 0 Å². The highest BCUT2D eigenvalue weighted by atomic mass is 16.6. The van der Waals surface area contributed by atoms with Crippen molar-refractivity contribution in [1.82, 2.24) is 0 Å². The quantitative estimate of drug-likeness (QED) is 0.447. The van der Waals surface area contributed by atoms with Gasteiger partial charge in [0.15, 0.2) is 11.5 Å². The number of amides is 1. The summed E-state index contributed by atoms with van der Waals surface area (Å²) in [5, 5.41) is 4.78. The van der Waals surface area contributed by atoms with Gasteiger partial charge in [-0.1, -0.05) is 18.2 Å². The molecular weight excluding hydrogens is 410 g/mol. The second kappa shape index (κ2) is 8.19. The molecule has 3 aromatic carbocycles. The van der Waals surface area contributed by atoms with Crippen molar-refractivity contribution in [3.8, 4) is 23.0 Å². The number of hydrogen-bond acceptors (Lipinski definition) is 6. The van der Waals surface area contributed by atoms with Gasteiger partial charge in [0.05, 0.1) is 19.9 Å². The van der Waals surface area contributed by atoms with E-state index >= 15 is 0 Å². The minimum absolute atomic E-state index is 0.312.